The average molecular weight is 414 g/mol. The van der Waals surface area contributed by atoms with Crippen molar-refractivity contribution in [2.24, 2.45) is 11.3 Å². The molecule has 0 saturated heterocycles. The highest BCUT2D eigenvalue weighted by Crippen LogP contribution is 2.69. The minimum Gasteiger partial charge on any atom is -0.390 e. The molecule has 2 saturated carbocycles. The molecule has 15 heteroatoms. The van der Waals surface area contributed by atoms with Crippen molar-refractivity contribution < 1.29 is 42.9 Å². The van der Waals surface area contributed by atoms with Gasteiger partial charge in [-0.3, -0.25) is 18.9 Å². The molecule has 26 heavy (non-hydrogen) atoms. The molecular formula is C11H16N2O11P2. The van der Waals surface area contributed by atoms with Gasteiger partial charge in [0.15, 0.2) is 0 Å². The number of aromatic nitrogens is 2. The molecule has 0 aliphatic heterocycles. The van der Waals surface area contributed by atoms with E-state index in [1.165, 1.54) is 0 Å². The quantitative estimate of drug-likeness (QED) is 0.282. The number of aliphatic hydroxyl groups excluding tert-OH is 2. The van der Waals surface area contributed by atoms with Crippen molar-refractivity contribution in [2.75, 3.05) is 6.61 Å². The Morgan fingerprint density at radius 3 is 2.50 bits per heavy atom. The summed E-state index contributed by atoms with van der Waals surface area (Å²) < 4.78 is 31.5. The van der Waals surface area contributed by atoms with Crippen molar-refractivity contribution in [3.8, 4) is 0 Å². The molecule has 6 N–H and O–H groups in total. The Kier molecular flexibility index (Phi) is 4.67. The topological polar surface area (TPSA) is 209 Å². The number of aliphatic hydroxyl groups is 2. The second-order valence-corrected chi connectivity index (χ2v) is 9.13. The van der Waals surface area contributed by atoms with Gasteiger partial charge in [-0.05, 0) is 12.3 Å². The molecule has 0 amide bonds. The van der Waals surface area contributed by atoms with E-state index in [1.54, 1.807) is 0 Å². The first-order valence-electron chi connectivity index (χ1n) is 7.28. The van der Waals surface area contributed by atoms with Crippen LogP contribution in [-0.4, -0.2) is 53.3 Å². The predicted octanol–water partition coefficient (Wildman–Crippen LogP) is -1.95. The summed E-state index contributed by atoms with van der Waals surface area (Å²) in [6.45, 7) is -0.641. The van der Waals surface area contributed by atoms with E-state index in [-0.39, 0.29) is 6.42 Å². The van der Waals surface area contributed by atoms with Gasteiger partial charge in [0.1, 0.15) is 6.10 Å². The number of rotatable bonds is 6. The number of nitrogens with one attached hydrogen (secondary N) is 1. The maximum atomic E-state index is 11.9. The molecule has 2 aliphatic carbocycles. The van der Waals surface area contributed by atoms with Gasteiger partial charge in [0.05, 0.1) is 18.8 Å². The van der Waals surface area contributed by atoms with Crippen LogP contribution in [-0.2, 0) is 18.0 Å². The number of phosphoric ester groups is 1. The van der Waals surface area contributed by atoms with E-state index in [2.05, 4.69) is 8.83 Å². The fraction of sp³-hybridized carbons (Fsp3) is 0.636. The Morgan fingerprint density at radius 1 is 1.27 bits per heavy atom. The molecule has 3 rings (SSSR count). The van der Waals surface area contributed by atoms with Gasteiger partial charge in [0.25, 0.3) is 5.56 Å². The number of nitrogens with zero attached hydrogens (tertiary/aromatic N) is 1. The summed E-state index contributed by atoms with van der Waals surface area (Å²) in [6.07, 6.45) is -1.50. The lowest BCUT2D eigenvalue weighted by Gasteiger charge is -2.24. The van der Waals surface area contributed by atoms with Crippen molar-refractivity contribution in [1.82, 2.24) is 9.55 Å². The number of aromatic amines is 1. The number of H-pyrrole nitrogens is 1. The largest absolute Gasteiger partial charge is 0.481 e. The number of fused-ring (bicyclic) bond motifs is 1. The highest BCUT2D eigenvalue weighted by Gasteiger charge is 2.72. The summed E-state index contributed by atoms with van der Waals surface area (Å²) in [6, 6.07) is 0.147. The first-order chi connectivity index (χ1) is 11.9. The molecule has 0 radical (unpaired) electrons. The van der Waals surface area contributed by atoms with E-state index >= 15 is 0 Å². The molecule has 146 valence electrons. The van der Waals surface area contributed by atoms with E-state index in [9.17, 15) is 33.8 Å². The number of hydrogen-bond acceptors (Lipinski definition) is 8. The summed E-state index contributed by atoms with van der Waals surface area (Å²) in [5, 5.41) is 20.5. The van der Waals surface area contributed by atoms with Crippen molar-refractivity contribution in [1.29, 1.82) is 0 Å². The molecule has 1 aromatic rings. The van der Waals surface area contributed by atoms with Crippen molar-refractivity contribution in [3.05, 3.63) is 33.1 Å². The van der Waals surface area contributed by atoms with Gasteiger partial charge in [0.2, 0.25) is 0 Å². The molecule has 1 aromatic heterocycles. The lowest BCUT2D eigenvalue weighted by atomic mass is 10.0. The van der Waals surface area contributed by atoms with Crippen LogP contribution in [0.5, 0.6) is 0 Å². The van der Waals surface area contributed by atoms with Crippen LogP contribution in [0.25, 0.3) is 0 Å². The fourth-order valence-electron chi connectivity index (χ4n) is 3.55. The standard InChI is InChI=1S/C11H16N2O11P2/c14-6-1-2-13(10(17)12-6)7-5-3-11(5,9(16)8(7)15)4-23-26(21,22)24-25(18,19)20/h1-2,5,7-9,15-16H,3-4H2,(H,21,22)(H,12,14,17)(H2,18,19,20)/t5-,7-,8+,9+,11-/m1/s1. The molecule has 1 unspecified atom stereocenters. The number of hydrogen-bond donors (Lipinski definition) is 6. The second-order valence-electron chi connectivity index (χ2n) is 6.30. The minimum atomic E-state index is -5.28. The van der Waals surface area contributed by atoms with E-state index < -0.39 is 63.1 Å². The van der Waals surface area contributed by atoms with Crippen molar-refractivity contribution >= 4 is 15.6 Å². The van der Waals surface area contributed by atoms with Gasteiger partial charge >= 0.3 is 21.3 Å². The molecular weight excluding hydrogens is 398 g/mol. The summed E-state index contributed by atoms with van der Waals surface area (Å²) in [5.41, 5.74) is -2.63. The average Bonchev–Trinajstić information content (AvgIpc) is 3.15. The SMILES string of the molecule is O=c1ccn([C@H]2[C@H](O)[C@H](O)[C@@]3(COP(=O)(O)OP(=O)(O)O)C[C@H]23)c(=O)[nH]1. The van der Waals surface area contributed by atoms with E-state index in [0.717, 1.165) is 16.8 Å². The van der Waals surface area contributed by atoms with Gasteiger partial charge in [-0.25, -0.2) is 13.9 Å². The molecule has 0 bridgehead atoms. The molecule has 2 fully saturated rings. The number of phosphoric acid groups is 2. The third kappa shape index (κ3) is 3.50. The maximum absolute atomic E-state index is 11.9. The summed E-state index contributed by atoms with van der Waals surface area (Å²) >= 11 is 0. The Balaban J connectivity index is 1.79. The van der Waals surface area contributed by atoms with Crippen molar-refractivity contribution in [2.45, 2.75) is 24.7 Å². The highest BCUT2D eigenvalue weighted by molar-refractivity contribution is 7.60. The zero-order valence-corrected chi connectivity index (χ0v) is 14.7. The lowest BCUT2D eigenvalue weighted by molar-refractivity contribution is -0.0306. The van der Waals surface area contributed by atoms with Crippen LogP contribution in [0.3, 0.4) is 0 Å². The first kappa shape index (κ1) is 19.6. The lowest BCUT2D eigenvalue weighted by Crippen LogP contribution is -2.40. The van der Waals surface area contributed by atoms with Crippen LogP contribution in [0, 0.1) is 11.3 Å². The fourth-order valence-corrected chi connectivity index (χ4v) is 5.22. The van der Waals surface area contributed by atoms with Crippen LogP contribution in [0.1, 0.15) is 12.5 Å². The van der Waals surface area contributed by atoms with Gasteiger partial charge < -0.3 is 24.9 Å². The third-order valence-corrected chi connectivity index (χ3v) is 6.86. The summed E-state index contributed by atoms with van der Waals surface area (Å²) in [4.78, 5) is 51.6. The Morgan fingerprint density at radius 2 is 1.92 bits per heavy atom. The summed E-state index contributed by atoms with van der Waals surface area (Å²) in [5.74, 6) is -0.536. The molecule has 1 heterocycles. The molecule has 0 spiro atoms. The Labute approximate surface area is 144 Å². The molecule has 2 aliphatic rings. The van der Waals surface area contributed by atoms with Crippen molar-refractivity contribution in [3.63, 3.8) is 0 Å². The first-order valence-corrected chi connectivity index (χ1v) is 10.3. The normalized spacial score (nSPS) is 35.7. The Hall–Kier alpha value is -1.14. The second kappa shape index (κ2) is 6.20. The predicted molar refractivity (Wildman–Crippen MR) is 81.8 cm³/mol. The molecule has 6 atom stereocenters. The van der Waals surface area contributed by atoms with Gasteiger partial charge in [-0.1, -0.05) is 0 Å². The summed E-state index contributed by atoms with van der Waals surface area (Å²) in [7, 11) is -10.4. The zero-order chi connectivity index (χ0) is 19.5. The zero-order valence-electron chi connectivity index (χ0n) is 12.9. The maximum Gasteiger partial charge on any atom is 0.481 e. The van der Waals surface area contributed by atoms with Gasteiger partial charge in [-0.2, -0.15) is 4.31 Å². The monoisotopic (exact) mass is 414 g/mol. The van der Waals surface area contributed by atoms with Gasteiger partial charge in [0, 0.05) is 17.7 Å². The van der Waals surface area contributed by atoms with Gasteiger partial charge in [-0.15, -0.1) is 0 Å². The van der Waals surface area contributed by atoms with Crippen LogP contribution < -0.4 is 11.2 Å². The smallest absolute Gasteiger partial charge is 0.390 e. The third-order valence-electron chi connectivity index (χ3n) is 4.73. The highest BCUT2D eigenvalue weighted by atomic mass is 31.3. The van der Waals surface area contributed by atoms with Crippen LogP contribution in [0.2, 0.25) is 0 Å². The van der Waals surface area contributed by atoms with E-state index in [4.69, 9.17) is 9.79 Å². The molecule has 13 nitrogen and oxygen atoms in total. The minimum absolute atomic E-state index is 0.206. The van der Waals surface area contributed by atoms with Crippen LogP contribution >= 0.6 is 15.6 Å². The van der Waals surface area contributed by atoms with E-state index in [0.29, 0.717) is 0 Å². The van der Waals surface area contributed by atoms with E-state index in [1.807, 2.05) is 4.98 Å². The van der Waals surface area contributed by atoms with Crippen LogP contribution in [0.4, 0.5) is 0 Å². The van der Waals surface area contributed by atoms with Crippen LogP contribution in [0.15, 0.2) is 21.9 Å². The Bertz CT molecular complexity index is 921. The molecule has 0 aromatic carbocycles.